The van der Waals surface area contributed by atoms with E-state index in [4.69, 9.17) is 15.0 Å². The Morgan fingerprint density at radius 1 is 0.500 bits per heavy atom. The highest BCUT2D eigenvalue weighted by molar-refractivity contribution is 6.19. The topological polar surface area (TPSA) is 56.7 Å². The van der Waals surface area contributed by atoms with Gasteiger partial charge in [0.05, 0.1) is 50.5 Å². The number of fused-ring (bicyclic) bond motifs is 10. The summed E-state index contributed by atoms with van der Waals surface area (Å²) in [5.74, 6) is 2.11. The molecular weight excluding hydrogens is 855 g/mol. The van der Waals surface area contributed by atoms with Crippen LogP contribution in [0.5, 0.6) is 0 Å². The molecule has 0 amide bonds. The van der Waals surface area contributed by atoms with E-state index in [1.807, 2.05) is 37.3 Å². The first-order valence-corrected chi connectivity index (χ1v) is 24.2. The van der Waals surface area contributed by atoms with E-state index < -0.39 is 0 Å². The first-order chi connectivity index (χ1) is 34.5. The number of nitrogens with zero attached hydrogens (tertiary/aromatic N) is 7. The molecule has 2 aliphatic rings. The third-order valence-electron chi connectivity index (χ3n) is 14.4. The lowest BCUT2D eigenvalue weighted by atomic mass is 9.91. The molecule has 13 rings (SSSR count). The van der Waals surface area contributed by atoms with Crippen molar-refractivity contribution in [1.82, 2.24) is 28.7 Å². The fourth-order valence-corrected chi connectivity index (χ4v) is 11.2. The Labute approximate surface area is 406 Å². The Morgan fingerprint density at radius 3 is 1.61 bits per heavy atom. The average Bonchev–Trinajstić information content (AvgIpc) is 4.12. The minimum atomic E-state index is 0.141. The zero-order valence-corrected chi connectivity index (χ0v) is 39.5. The zero-order valence-electron chi connectivity index (χ0n) is 39.5. The summed E-state index contributed by atoms with van der Waals surface area (Å²) in [6, 6.07) is 57.3. The minimum Gasteiger partial charge on any atom is -0.333 e. The summed E-state index contributed by atoms with van der Waals surface area (Å²) >= 11 is 0. The molecule has 5 heterocycles. The number of aromatic nitrogens is 6. The molecule has 2 atom stereocenters. The quantitative estimate of drug-likeness (QED) is 0.143. The molecule has 7 nitrogen and oxygen atoms in total. The van der Waals surface area contributed by atoms with Crippen LogP contribution >= 0.6 is 0 Å². The van der Waals surface area contributed by atoms with Crippen molar-refractivity contribution < 1.29 is 0 Å². The molecule has 0 saturated heterocycles. The molecule has 0 spiro atoms. The average molecular weight is 904 g/mol. The van der Waals surface area contributed by atoms with Gasteiger partial charge in [0.15, 0.2) is 11.6 Å². The van der Waals surface area contributed by atoms with Crippen LogP contribution in [0.2, 0.25) is 0 Å². The molecule has 70 heavy (non-hydrogen) atoms. The van der Waals surface area contributed by atoms with E-state index in [2.05, 4.69) is 221 Å². The van der Waals surface area contributed by atoms with Crippen LogP contribution in [-0.2, 0) is 0 Å². The van der Waals surface area contributed by atoms with E-state index in [1.165, 1.54) is 38.5 Å². The molecule has 0 N–H and O–H groups in total. The monoisotopic (exact) mass is 903 g/mol. The normalized spacial score (nSPS) is 16.3. The summed E-state index contributed by atoms with van der Waals surface area (Å²) in [5.41, 5.74) is 14.5. The number of para-hydroxylation sites is 4. The minimum absolute atomic E-state index is 0.141. The molecule has 0 radical (unpaired) electrons. The number of allylic oxidation sites excluding steroid dienone is 8. The third kappa shape index (κ3) is 6.38. The summed E-state index contributed by atoms with van der Waals surface area (Å²) in [4.78, 5) is 18.1. The van der Waals surface area contributed by atoms with E-state index in [1.54, 1.807) is 0 Å². The fourth-order valence-electron chi connectivity index (χ4n) is 11.2. The summed E-state index contributed by atoms with van der Waals surface area (Å²) in [6.45, 7) is 8.49. The van der Waals surface area contributed by atoms with Crippen molar-refractivity contribution in [2.75, 3.05) is 4.90 Å². The molecule has 11 aromatic rings. The maximum atomic E-state index is 5.25. The van der Waals surface area contributed by atoms with Crippen LogP contribution in [0, 0.1) is 5.92 Å². The number of hydrogen-bond acceptors (Lipinski definition) is 4. The van der Waals surface area contributed by atoms with Gasteiger partial charge in [0.2, 0.25) is 5.95 Å². The van der Waals surface area contributed by atoms with Crippen molar-refractivity contribution >= 4 is 76.7 Å². The van der Waals surface area contributed by atoms with E-state index >= 15 is 0 Å². The zero-order chi connectivity index (χ0) is 47.0. The first-order valence-electron chi connectivity index (χ1n) is 24.2. The van der Waals surface area contributed by atoms with Crippen LogP contribution in [0.4, 0.5) is 5.69 Å². The maximum Gasteiger partial charge on any atom is 0.238 e. The fraction of sp³-hybridized carbons (Fsp3) is 0.0952. The van der Waals surface area contributed by atoms with E-state index in [9.17, 15) is 0 Å². The van der Waals surface area contributed by atoms with Gasteiger partial charge < -0.3 is 14.0 Å². The Balaban J connectivity index is 1.11. The molecule has 336 valence electrons. The van der Waals surface area contributed by atoms with Crippen molar-refractivity contribution in [3.05, 3.63) is 230 Å². The molecule has 0 bridgehead atoms. The summed E-state index contributed by atoms with van der Waals surface area (Å²) in [6.07, 6.45) is 19.7. The van der Waals surface area contributed by atoms with Crippen LogP contribution in [0.3, 0.4) is 0 Å². The molecule has 7 aromatic carbocycles. The predicted molar refractivity (Wildman–Crippen MR) is 292 cm³/mol. The molecule has 2 unspecified atom stereocenters. The summed E-state index contributed by atoms with van der Waals surface area (Å²) in [7, 11) is 0. The predicted octanol–water partition coefficient (Wildman–Crippen LogP) is 15.6. The summed E-state index contributed by atoms with van der Waals surface area (Å²) < 4.78 is 7.16. The van der Waals surface area contributed by atoms with Crippen LogP contribution in [0.25, 0.3) is 99.7 Å². The molecule has 0 saturated carbocycles. The van der Waals surface area contributed by atoms with E-state index in [0.717, 1.165) is 66.4 Å². The lowest BCUT2D eigenvalue weighted by molar-refractivity contribution is 0.677. The van der Waals surface area contributed by atoms with Gasteiger partial charge in [-0.3, -0.25) is 4.57 Å². The van der Waals surface area contributed by atoms with Crippen LogP contribution in [0.15, 0.2) is 224 Å². The van der Waals surface area contributed by atoms with Gasteiger partial charge in [0.1, 0.15) is 0 Å². The van der Waals surface area contributed by atoms with Gasteiger partial charge in [-0.05, 0) is 99.5 Å². The highest BCUT2D eigenvalue weighted by Gasteiger charge is 2.37. The van der Waals surface area contributed by atoms with Crippen LogP contribution < -0.4 is 4.90 Å². The van der Waals surface area contributed by atoms with Crippen molar-refractivity contribution in [3.63, 3.8) is 0 Å². The third-order valence-corrected chi connectivity index (χ3v) is 14.4. The van der Waals surface area contributed by atoms with Gasteiger partial charge in [0.25, 0.3) is 0 Å². The second-order valence-corrected chi connectivity index (χ2v) is 18.4. The van der Waals surface area contributed by atoms with Gasteiger partial charge in [0, 0.05) is 55.2 Å². The highest BCUT2D eigenvalue weighted by Crippen LogP contribution is 2.45. The molecule has 4 aromatic heterocycles. The van der Waals surface area contributed by atoms with Crippen LogP contribution in [0.1, 0.15) is 33.5 Å². The molecule has 1 aliphatic heterocycles. The smallest absolute Gasteiger partial charge is 0.238 e. The number of benzene rings is 7. The highest BCUT2D eigenvalue weighted by atomic mass is 15.2. The lowest BCUT2D eigenvalue weighted by Crippen LogP contribution is -2.32. The SMILES string of the molecule is C/C=C\C=C(/C)c1nc(-c2ccccc2)nc(-n2c3ccccc3c3cc4c(cc32)c2ccccc2n4-c2cc(N3C(/C=C\C)=C(C)C4C=CC=CC43)cc(-n3c4ccccc4c4ccccc43)c2)n1. The molecule has 7 heteroatoms. The number of hydrogen-bond donors (Lipinski definition) is 0. The van der Waals surface area contributed by atoms with Crippen LogP contribution in [-0.4, -0.2) is 34.7 Å². The molecule has 1 aliphatic carbocycles. The van der Waals surface area contributed by atoms with Gasteiger partial charge in [-0.25, -0.2) is 4.98 Å². The molecule has 0 fully saturated rings. The van der Waals surface area contributed by atoms with Crippen molar-refractivity contribution in [3.8, 4) is 28.7 Å². The second-order valence-electron chi connectivity index (χ2n) is 18.4. The van der Waals surface area contributed by atoms with E-state index in [-0.39, 0.29) is 12.0 Å². The van der Waals surface area contributed by atoms with Gasteiger partial charge in [-0.2, -0.15) is 9.97 Å². The Bertz CT molecular complexity index is 4080. The van der Waals surface area contributed by atoms with Crippen molar-refractivity contribution in [2.24, 2.45) is 5.92 Å². The Hall–Kier alpha value is -8.81. The van der Waals surface area contributed by atoms with Gasteiger partial charge in [-0.15, -0.1) is 0 Å². The number of rotatable bonds is 8. The standard InChI is InChI=1S/C63H49N7/c1-5-7-22-40(3)61-64-62(42-23-9-8-10-24-42)66-63(65-61)70-58-34-20-15-29-50(58)52-38-59-51(39-60(52)70)49-28-14-19-33-57(49)69(59)45-36-43(67-53(21-6-2)41(4)46-25-11-16-30-54(46)67)35-44(37-45)68-55-31-17-12-26-47(55)48-27-13-18-32-56(48)68/h5-39,46,54H,1-4H3/b7-5-,21-6-,40-22+. The lowest BCUT2D eigenvalue weighted by Gasteiger charge is -2.31. The first kappa shape index (κ1) is 41.4. The maximum absolute atomic E-state index is 5.25. The Morgan fingerprint density at radius 2 is 1.01 bits per heavy atom. The van der Waals surface area contributed by atoms with Gasteiger partial charge in [-0.1, -0.05) is 152 Å². The van der Waals surface area contributed by atoms with Crippen molar-refractivity contribution in [1.29, 1.82) is 0 Å². The summed E-state index contributed by atoms with van der Waals surface area (Å²) in [5, 5.41) is 7.02. The number of anilines is 1. The molecular formula is C63H49N7. The van der Waals surface area contributed by atoms with Crippen molar-refractivity contribution in [2.45, 2.75) is 33.7 Å². The second kappa shape index (κ2) is 16.5. The largest absolute Gasteiger partial charge is 0.333 e. The van der Waals surface area contributed by atoms with Gasteiger partial charge >= 0.3 is 0 Å². The Kier molecular flexibility index (Phi) is 9.73. The van der Waals surface area contributed by atoms with E-state index in [0.29, 0.717) is 17.6 Å².